The molecule has 0 fully saturated rings. The zero-order valence-corrected chi connectivity index (χ0v) is 28.0. The van der Waals surface area contributed by atoms with Gasteiger partial charge in [-0.2, -0.15) is 4.72 Å². The second-order valence-corrected chi connectivity index (χ2v) is 14.5. The molecular weight excluding hydrogens is 710 g/mol. The second-order valence-electron chi connectivity index (χ2n) is 12.0. The number of nitrogens with zero attached hydrogens (tertiary/aromatic N) is 2. The van der Waals surface area contributed by atoms with Gasteiger partial charge < -0.3 is 24.5 Å². The Kier molecular flexibility index (Phi) is 7.56. The van der Waals surface area contributed by atoms with Crippen molar-refractivity contribution in [1.29, 1.82) is 0 Å². The molecular formula is C32H28BrN5O9S. The van der Waals surface area contributed by atoms with E-state index in [9.17, 15) is 28.1 Å². The van der Waals surface area contributed by atoms with Gasteiger partial charge in [0.1, 0.15) is 23.2 Å². The maximum absolute atomic E-state index is 14.0. The van der Waals surface area contributed by atoms with E-state index in [2.05, 4.69) is 36.3 Å². The molecule has 4 aromatic rings. The number of aromatic nitrogens is 1. The van der Waals surface area contributed by atoms with Gasteiger partial charge >= 0.3 is 5.97 Å². The molecule has 1 amide bonds. The minimum absolute atomic E-state index is 0.00388. The van der Waals surface area contributed by atoms with Crippen LogP contribution in [0.15, 0.2) is 74.4 Å². The van der Waals surface area contributed by atoms with Gasteiger partial charge in [-0.3, -0.25) is 14.9 Å². The van der Waals surface area contributed by atoms with Crippen LogP contribution in [0.25, 0.3) is 0 Å². The largest absolute Gasteiger partial charge is 0.469 e. The number of hydrogen-bond donors (Lipinski definition) is 3. The lowest BCUT2D eigenvalue weighted by atomic mass is 9.72. The first kappa shape index (κ1) is 31.8. The first-order chi connectivity index (χ1) is 22.9. The van der Waals surface area contributed by atoms with Crippen molar-refractivity contribution < 1.29 is 36.8 Å². The van der Waals surface area contributed by atoms with Crippen molar-refractivity contribution in [3.63, 3.8) is 0 Å². The predicted molar refractivity (Wildman–Crippen MR) is 173 cm³/mol. The summed E-state index contributed by atoms with van der Waals surface area (Å²) in [6.45, 7) is 3.60. The number of fused-ring (bicyclic) bond motifs is 4. The highest BCUT2D eigenvalue weighted by atomic mass is 79.9. The summed E-state index contributed by atoms with van der Waals surface area (Å²) in [5.74, 6) is -1.24. The molecule has 3 aliphatic heterocycles. The van der Waals surface area contributed by atoms with Gasteiger partial charge in [0.2, 0.25) is 21.8 Å². The number of amides is 1. The molecule has 0 unspecified atom stereocenters. The normalized spacial score (nSPS) is 22.4. The Labute approximate surface area is 282 Å². The summed E-state index contributed by atoms with van der Waals surface area (Å²) < 4.78 is 48.6. The molecule has 1 spiro atoms. The molecule has 1 aromatic heterocycles. The van der Waals surface area contributed by atoms with Gasteiger partial charge in [-0.05, 0) is 52.0 Å². The average Bonchev–Trinajstić information content (AvgIpc) is 3.72. The highest BCUT2D eigenvalue weighted by Crippen LogP contribution is 2.59. The summed E-state index contributed by atoms with van der Waals surface area (Å²) in [5.41, 5.74) is 0.551. The molecule has 7 rings (SSSR count). The summed E-state index contributed by atoms with van der Waals surface area (Å²) in [6, 6.07) is 13.3. The molecule has 4 bridgehead atoms. The number of nitrogens with one attached hydrogen (secondary N) is 3. The summed E-state index contributed by atoms with van der Waals surface area (Å²) in [6.07, 6.45) is -0.928. The molecule has 48 heavy (non-hydrogen) atoms. The fourth-order valence-electron chi connectivity index (χ4n) is 6.64. The Morgan fingerprint density at radius 3 is 2.65 bits per heavy atom. The molecule has 4 heterocycles. The van der Waals surface area contributed by atoms with Crippen molar-refractivity contribution in [2.75, 3.05) is 12.4 Å². The van der Waals surface area contributed by atoms with E-state index in [1.54, 1.807) is 32.0 Å². The maximum Gasteiger partial charge on any atom is 0.360 e. The number of nitro benzene ring substituents is 1. The molecule has 248 valence electrons. The van der Waals surface area contributed by atoms with Crippen molar-refractivity contribution >= 4 is 49.2 Å². The minimum atomic E-state index is -4.59. The topological polar surface area (TPSA) is 192 Å². The number of benzene rings is 3. The van der Waals surface area contributed by atoms with Crippen molar-refractivity contribution in [2.24, 2.45) is 5.92 Å². The Morgan fingerprint density at radius 2 is 1.92 bits per heavy atom. The van der Waals surface area contributed by atoms with Crippen LogP contribution in [-0.2, 0) is 31.4 Å². The molecule has 14 nitrogen and oxygen atoms in total. The zero-order valence-electron chi connectivity index (χ0n) is 25.6. The van der Waals surface area contributed by atoms with E-state index in [1.807, 2.05) is 18.2 Å². The molecule has 4 atom stereocenters. The standard InChI is InChI=1S/C32H28BrN5O9S/c1-15(2)24-29-35-26(30(40)45-3)27(47-29)32-17-7-6-8-19(33)25(17)36-31(32)46-22-12-11-16(13-18(22)32)14-20(28(39)34-24)37-48(43,44)23-10-5-4-9-21(23)38(41)42/h4-13,15,20,24,31,36-37H,14H2,1-3H3,(H,34,39)/t20-,24-,31+,32+/m0/s1. The number of anilines is 1. The third kappa shape index (κ3) is 4.77. The molecule has 16 heteroatoms. The van der Waals surface area contributed by atoms with Gasteiger partial charge in [0.15, 0.2) is 22.6 Å². The number of rotatable bonds is 6. The van der Waals surface area contributed by atoms with Crippen LogP contribution in [0.1, 0.15) is 58.7 Å². The average molecular weight is 739 g/mol. The number of carbonyl (C=O) groups is 2. The third-order valence-electron chi connectivity index (χ3n) is 8.84. The number of methoxy groups -OCH3 is 1. The fourth-order valence-corrected chi connectivity index (χ4v) is 8.49. The minimum Gasteiger partial charge on any atom is -0.469 e. The van der Waals surface area contributed by atoms with Crippen LogP contribution in [0.3, 0.4) is 0 Å². The van der Waals surface area contributed by atoms with E-state index in [4.69, 9.17) is 13.9 Å². The first-order valence-corrected chi connectivity index (χ1v) is 17.2. The van der Waals surface area contributed by atoms with E-state index < -0.39 is 61.1 Å². The summed E-state index contributed by atoms with van der Waals surface area (Å²) in [5, 5.41) is 18.0. The predicted octanol–water partition coefficient (Wildman–Crippen LogP) is 4.33. The summed E-state index contributed by atoms with van der Waals surface area (Å²) in [4.78, 5) is 42.3. The number of oxazole rings is 1. The Bertz CT molecular complexity index is 2140. The Hall–Kier alpha value is -4.80. The lowest BCUT2D eigenvalue weighted by Crippen LogP contribution is -2.49. The van der Waals surface area contributed by atoms with Gasteiger partial charge in [-0.25, -0.2) is 18.2 Å². The van der Waals surface area contributed by atoms with Crippen LogP contribution in [0, 0.1) is 16.0 Å². The lowest BCUT2D eigenvalue weighted by molar-refractivity contribution is -0.387. The van der Waals surface area contributed by atoms with Crippen LogP contribution in [-0.4, -0.2) is 49.6 Å². The molecule has 0 aliphatic carbocycles. The summed E-state index contributed by atoms with van der Waals surface area (Å²) in [7, 11) is -3.36. The number of para-hydroxylation sites is 2. The first-order valence-electron chi connectivity index (χ1n) is 14.9. The van der Waals surface area contributed by atoms with E-state index in [-0.39, 0.29) is 29.7 Å². The van der Waals surface area contributed by atoms with Gasteiger partial charge in [-0.15, -0.1) is 0 Å². The Morgan fingerprint density at radius 1 is 1.15 bits per heavy atom. The summed E-state index contributed by atoms with van der Waals surface area (Å²) >= 11 is 3.61. The number of carbonyl (C=O) groups excluding carboxylic acids is 2. The fraction of sp³-hybridized carbons (Fsp3) is 0.281. The van der Waals surface area contributed by atoms with Crippen molar-refractivity contribution in [3.8, 4) is 5.75 Å². The Balaban J connectivity index is 1.45. The molecule has 0 radical (unpaired) electrons. The smallest absolute Gasteiger partial charge is 0.360 e. The van der Waals surface area contributed by atoms with Gasteiger partial charge in [-0.1, -0.05) is 50.2 Å². The highest BCUT2D eigenvalue weighted by Gasteiger charge is 2.61. The molecule has 3 aromatic carbocycles. The molecule has 0 saturated heterocycles. The zero-order chi connectivity index (χ0) is 34.1. The quantitative estimate of drug-likeness (QED) is 0.145. The van der Waals surface area contributed by atoms with Crippen LogP contribution < -0.4 is 20.1 Å². The van der Waals surface area contributed by atoms with E-state index in [0.29, 0.717) is 22.6 Å². The van der Waals surface area contributed by atoms with E-state index in [0.717, 1.165) is 22.2 Å². The van der Waals surface area contributed by atoms with Crippen LogP contribution in [0.4, 0.5) is 11.4 Å². The number of ether oxygens (including phenoxy) is 2. The monoisotopic (exact) mass is 737 g/mol. The second kappa shape index (κ2) is 11.4. The van der Waals surface area contributed by atoms with E-state index >= 15 is 0 Å². The maximum atomic E-state index is 14.0. The molecule has 0 saturated carbocycles. The van der Waals surface area contributed by atoms with Crippen molar-refractivity contribution in [3.05, 3.63) is 109 Å². The van der Waals surface area contributed by atoms with Crippen molar-refractivity contribution in [1.82, 2.24) is 15.0 Å². The van der Waals surface area contributed by atoms with E-state index in [1.165, 1.54) is 19.2 Å². The number of halogens is 1. The highest BCUT2D eigenvalue weighted by molar-refractivity contribution is 9.10. The third-order valence-corrected chi connectivity index (χ3v) is 11.0. The number of nitro groups is 1. The van der Waals surface area contributed by atoms with Crippen molar-refractivity contribution in [2.45, 2.75) is 48.9 Å². The number of sulfonamides is 1. The lowest BCUT2D eigenvalue weighted by Gasteiger charge is -2.28. The van der Waals surface area contributed by atoms with Gasteiger partial charge in [0.05, 0.1) is 17.7 Å². The molecule has 3 N–H and O–H groups in total. The van der Waals surface area contributed by atoms with Crippen LogP contribution in [0.5, 0.6) is 5.75 Å². The number of esters is 1. The SMILES string of the molecule is COC(=O)c1nc2oc1[C@@]13c4cc(ccc4O[C@H]1Nc1c(Br)cccc13)C[C@H](NS(=O)(=O)c1ccccc1[N+](=O)[O-])C(=O)N[C@H]2C(C)C. The molecule has 3 aliphatic rings. The number of hydrogen-bond acceptors (Lipinski definition) is 11. The van der Waals surface area contributed by atoms with Crippen LogP contribution in [0.2, 0.25) is 0 Å². The van der Waals surface area contributed by atoms with Gasteiger partial charge in [0, 0.05) is 21.7 Å². The van der Waals surface area contributed by atoms with Crippen LogP contribution >= 0.6 is 15.9 Å². The van der Waals surface area contributed by atoms with Gasteiger partial charge in [0.25, 0.3) is 5.69 Å².